The Bertz CT molecular complexity index is 1080. The number of carbonyl (C=O) groups excluding carboxylic acids is 2. The maximum Gasteiger partial charge on any atom is 0.259 e. The Balaban J connectivity index is 1.62. The van der Waals surface area contributed by atoms with Gasteiger partial charge in [0.2, 0.25) is 5.91 Å². The summed E-state index contributed by atoms with van der Waals surface area (Å²) in [4.78, 5) is 26.8. The van der Waals surface area contributed by atoms with Crippen molar-refractivity contribution in [1.82, 2.24) is 0 Å². The van der Waals surface area contributed by atoms with Crippen molar-refractivity contribution in [3.05, 3.63) is 70.2 Å². The molecule has 3 aromatic rings. The lowest BCUT2D eigenvalue weighted by atomic mass is 10.1. The molecule has 4 nitrogen and oxygen atoms in total. The summed E-state index contributed by atoms with van der Waals surface area (Å²) in [6.07, 6.45) is 0. The van der Waals surface area contributed by atoms with Crippen LogP contribution < -0.4 is 10.2 Å². The van der Waals surface area contributed by atoms with Gasteiger partial charge >= 0.3 is 0 Å². The van der Waals surface area contributed by atoms with Crippen molar-refractivity contribution < 1.29 is 9.59 Å². The van der Waals surface area contributed by atoms with Gasteiger partial charge in [0.1, 0.15) is 6.54 Å². The lowest BCUT2D eigenvalue weighted by Crippen LogP contribution is -2.35. The molecule has 0 radical (unpaired) electrons. The minimum Gasteiger partial charge on any atom is -0.325 e. The average molecular weight is 365 g/mol. The first kappa shape index (κ1) is 16.6. The van der Waals surface area contributed by atoms with Crippen LogP contribution in [0.1, 0.15) is 21.5 Å². The molecule has 0 atom stereocenters. The number of benzene rings is 3. The van der Waals surface area contributed by atoms with E-state index in [1.807, 2.05) is 44.2 Å². The first-order valence-electron chi connectivity index (χ1n) is 8.36. The number of halogens is 1. The molecule has 0 aliphatic carbocycles. The van der Waals surface area contributed by atoms with Gasteiger partial charge in [0.25, 0.3) is 5.91 Å². The van der Waals surface area contributed by atoms with Crippen molar-refractivity contribution in [2.45, 2.75) is 13.8 Å². The van der Waals surface area contributed by atoms with Crippen molar-refractivity contribution in [3.63, 3.8) is 0 Å². The SMILES string of the molecule is Cc1ccc(NC(=O)CN2C(=O)c3cccc4c(Cl)ccc2c34)cc1C. The van der Waals surface area contributed by atoms with Crippen LogP contribution in [0.15, 0.2) is 48.5 Å². The lowest BCUT2D eigenvalue weighted by Gasteiger charge is -2.17. The summed E-state index contributed by atoms with van der Waals surface area (Å²) in [7, 11) is 0. The third-order valence-corrected chi connectivity index (χ3v) is 5.15. The van der Waals surface area contributed by atoms with Crippen molar-refractivity contribution in [2.75, 3.05) is 16.8 Å². The minimum absolute atomic E-state index is 0.0445. The molecule has 4 rings (SSSR count). The van der Waals surface area contributed by atoms with E-state index < -0.39 is 0 Å². The van der Waals surface area contributed by atoms with E-state index in [0.29, 0.717) is 10.6 Å². The average Bonchev–Trinajstić information content (AvgIpc) is 2.88. The number of hydrogen-bond donors (Lipinski definition) is 1. The van der Waals surface area contributed by atoms with Crippen LogP contribution in [-0.2, 0) is 4.79 Å². The van der Waals surface area contributed by atoms with Crippen LogP contribution in [0.5, 0.6) is 0 Å². The van der Waals surface area contributed by atoms with E-state index in [9.17, 15) is 9.59 Å². The number of hydrogen-bond acceptors (Lipinski definition) is 2. The molecule has 1 heterocycles. The molecule has 3 aromatic carbocycles. The fourth-order valence-corrected chi connectivity index (χ4v) is 3.55. The zero-order valence-electron chi connectivity index (χ0n) is 14.5. The fraction of sp³-hybridized carbons (Fsp3) is 0.143. The first-order valence-corrected chi connectivity index (χ1v) is 8.73. The lowest BCUT2D eigenvalue weighted by molar-refractivity contribution is -0.114. The van der Waals surface area contributed by atoms with Crippen LogP contribution in [0.4, 0.5) is 11.4 Å². The molecule has 0 spiro atoms. The molecule has 0 unspecified atom stereocenters. The summed E-state index contributed by atoms with van der Waals surface area (Å²) in [6.45, 7) is 3.97. The molecule has 0 saturated heterocycles. The van der Waals surface area contributed by atoms with Crippen LogP contribution >= 0.6 is 11.6 Å². The smallest absolute Gasteiger partial charge is 0.259 e. The van der Waals surface area contributed by atoms with E-state index in [-0.39, 0.29) is 18.4 Å². The second-order valence-corrected chi connectivity index (χ2v) is 6.94. The first-order chi connectivity index (χ1) is 12.5. The van der Waals surface area contributed by atoms with Gasteiger partial charge in [-0.25, -0.2) is 0 Å². The third-order valence-electron chi connectivity index (χ3n) is 4.82. The zero-order valence-corrected chi connectivity index (χ0v) is 15.2. The molecule has 2 amide bonds. The van der Waals surface area contributed by atoms with Gasteiger partial charge in [0.15, 0.2) is 0 Å². The summed E-state index contributed by atoms with van der Waals surface area (Å²) in [5.74, 6) is -0.416. The van der Waals surface area contributed by atoms with Crippen molar-refractivity contribution in [1.29, 1.82) is 0 Å². The van der Waals surface area contributed by atoms with E-state index in [2.05, 4.69) is 5.32 Å². The van der Waals surface area contributed by atoms with E-state index in [1.165, 1.54) is 4.90 Å². The zero-order chi connectivity index (χ0) is 18.4. The molecule has 1 aliphatic rings. The molecular formula is C21H17ClN2O2. The molecular weight excluding hydrogens is 348 g/mol. The predicted molar refractivity (Wildman–Crippen MR) is 105 cm³/mol. The van der Waals surface area contributed by atoms with Gasteiger partial charge in [0.05, 0.1) is 5.69 Å². The Labute approximate surface area is 156 Å². The summed E-state index contributed by atoms with van der Waals surface area (Å²) in [5.41, 5.74) is 4.30. The standard InChI is InChI=1S/C21H17ClN2O2/c1-12-6-7-14(10-13(12)2)23-19(25)11-24-18-9-8-17(22)15-4-3-5-16(20(15)18)21(24)26/h3-10H,11H2,1-2H3,(H,23,25). The Kier molecular flexibility index (Phi) is 3.93. The van der Waals surface area contributed by atoms with Gasteiger partial charge in [-0.3, -0.25) is 14.5 Å². The second kappa shape index (κ2) is 6.15. The normalized spacial score (nSPS) is 12.7. The molecule has 5 heteroatoms. The molecule has 1 aliphatic heterocycles. The Morgan fingerprint density at radius 2 is 1.88 bits per heavy atom. The molecule has 130 valence electrons. The van der Waals surface area contributed by atoms with Gasteiger partial charge in [-0.1, -0.05) is 29.8 Å². The Morgan fingerprint density at radius 3 is 2.65 bits per heavy atom. The van der Waals surface area contributed by atoms with Gasteiger partial charge in [-0.2, -0.15) is 0 Å². The predicted octanol–water partition coefficient (Wildman–Crippen LogP) is 4.71. The second-order valence-electron chi connectivity index (χ2n) is 6.53. The van der Waals surface area contributed by atoms with Crippen LogP contribution in [0.25, 0.3) is 10.8 Å². The van der Waals surface area contributed by atoms with Crippen molar-refractivity contribution in [2.24, 2.45) is 0 Å². The monoisotopic (exact) mass is 364 g/mol. The van der Waals surface area contributed by atoms with Crippen LogP contribution in [0.2, 0.25) is 5.02 Å². The number of anilines is 2. The van der Waals surface area contributed by atoms with Gasteiger partial charge in [-0.15, -0.1) is 0 Å². The highest BCUT2D eigenvalue weighted by Gasteiger charge is 2.31. The highest BCUT2D eigenvalue weighted by atomic mass is 35.5. The number of nitrogens with one attached hydrogen (secondary N) is 1. The highest BCUT2D eigenvalue weighted by molar-refractivity contribution is 6.38. The Morgan fingerprint density at radius 1 is 1.08 bits per heavy atom. The van der Waals surface area contributed by atoms with Gasteiger partial charge < -0.3 is 5.32 Å². The van der Waals surface area contributed by atoms with Crippen LogP contribution in [0, 0.1) is 13.8 Å². The van der Waals surface area contributed by atoms with Crippen molar-refractivity contribution in [3.8, 4) is 0 Å². The van der Waals surface area contributed by atoms with Gasteiger partial charge in [-0.05, 0) is 55.3 Å². The van der Waals surface area contributed by atoms with E-state index >= 15 is 0 Å². The maximum atomic E-state index is 12.8. The van der Waals surface area contributed by atoms with E-state index in [1.54, 1.807) is 18.2 Å². The third kappa shape index (κ3) is 2.63. The molecule has 26 heavy (non-hydrogen) atoms. The molecule has 0 aromatic heterocycles. The summed E-state index contributed by atoms with van der Waals surface area (Å²) in [5, 5.41) is 5.10. The van der Waals surface area contributed by atoms with Crippen molar-refractivity contribution >= 4 is 45.6 Å². The summed E-state index contributed by atoms with van der Waals surface area (Å²) >= 11 is 6.26. The highest BCUT2D eigenvalue weighted by Crippen LogP contribution is 2.40. The van der Waals surface area contributed by atoms with Gasteiger partial charge in [0, 0.05) is 27.0 Å². The van der Waals surface area contributed by atoms with E-state index in [4.69, 9.17) is 11.6 Å². The number of carbonyl (C=O) groups is 2. The molecule has 1 N–H and O–H groups in total. The maximum absolute atomic E-state index is 12.8. The number of rotatable bonds is 3. The van der Waals surface area contributed by atoms with Crippen LogP contribution in [-0.4, -0.2) is 18.4 Å². The topological polar surface area (TPSA) is 49.4 Å². The number of nitrogens with zero attached hydrogens (tertiary/aromatic N) is 1. The molecule has 0 saturated carbocycles. The molecule has 0 fully saturated rings. The quantitative estimate of drug-likeness (QED) is 0.731. The largest absolute Gasteiger partial charge is 0.325 e. The summed E-state index contributed by atoms with van der Waals surface area (Å²) in [6, 6.07) is 14.8. The minimum atomic E-state index is -0.238. The number of aryl methyl sites for hydroxylation is 2. The van der Waals surface area contributed by atoms with Crippen LogP contribution in [0.3, 0.4) is 0 Å². The van der Waals surface area contributed by atoms with E-state index in [0.717, 1.165) is 33.3 Å². The Hall–Kier alpha value is -2.85. The summed E-state index contributed by atoms with van der Waals surface area (Å²) < 4.78 is 0. The fourth-order valence-electron chi connectivity index (χ4n) is 3.33. The molecule has 0 bridgehead atoms. The number of amides is 2.